The summed E-state index contributed by atoms with van der Waals surface area (Å²) in [7, 11) is 0. The van der Waals surface area contributed by atoms with Gasteiger partial charge in [0, 0.05) is 45.1 Å². The lowest BCUT2D eigenvalue weighted by Crippen LogP contribution is -2.59. The first-order chi connectivity index (χ1) is 11.2. The quantitative estimate of drug-likeness (QED) is 0.770. The Hall–Kier alpha value is -0.690. The lowest BCUT2D eigenvalue weighted by Gasteiger charge is -2.45. The molecule has 3 fully saturated rings. The Balaban J connectivity index is 1.64. The van der Waals surface area contributed by atoms with E-state index < -0.39 is 5.41 Å². The summed E-state index contributed by atoms with van der Waals surface area (Å²) in [5.74, 6) is 0.119. The summed E-state index contributed by atoms with van der Waals surface area (Å²) in [6.07, 6.45) is 6.00. The topological polar surface area (TPSA) is 76.8 Å². The van der Waals surface area contributed by atoms with E-state index >= 15 is 0 Å². The normalized spacial score (nSPS) is 27.7. The Morgan fingerprint density at radius 3 is 2.13 bits per heavy atom. The maximum absolute atomic E-state index is 12.9. The second-order valence-corrected chi connectivity index (χ2v) is 7.31. The molecule has 6 heteroatoms. The van der Waals surface area contributed by atoms with Crippen LogP contribution in [-0.4, -0.2) is 69.0 Å². The summed E-state index contributed by atoms with van der Waals surface area (Å²) in [6.45, 7) is 6.27. The highest BCUT2D eigenvalue weighted by Crippen LogP contribution is 2.33. The third-order valence-electron chi connectivity index (χ3n) is 6.10. The molecule has 6 nitrogen and oxygen atoms in total. The van der Waals surface area contributed by atoms with Gasteiger partial charge >= 0.3 is 0 Å². The number of rotatable bonds is 5. The van der Waals surface area contributed by atoms with Gasteiger partial charge in [0.15, 0.2) is 0 Å². The molecule has 0 spiro atoms. The minimum atomic E-state index is -0.435. The first-order valence-corrected chi connectivity index (χ1v) is 9.10. The molecule has 0 saturated carbocycles. The molecule has 0 aromatic heterocycles. The van der Waals surface area contributed by atoms with Crippen molar-refractivity contribution in [3.63, 3.8) is 0 Å². The van der Waals surface area contributed by atoms with Crippen molar-refractivity contribution in [2.45, 2.75) is 44.1 Å². The summed E-state index contributed by atoms with van der Waals surface area (Å²) in [5, 5.41) is 3.26. The lowest BCUT2D eigenvalue weighted by molar-refractivity contribution is -0.137. The Morgan fingerprint density at radius 1 is 1.00 bits per heavy atom. The molecule has 0 radical (unpaired) electrons. The molecule has 3 N–H and O–H groups in total. The number of carbonyl (C=O) groups is 1. The number of nitrogens with zero attached hydrogens (tertiary/aromatic N) is 1. The van der Waals surface area contributed by atoms with Crippen molar-refractivity contribution in [3.8, 4) is 0 Å². The Labute approximate surface area is 139 Å². The number of ether oxygens (including phenoxy) is 2. The van der Waals surface area contributed by atoms with Crippen LogP contribution in [0.5, 0.6) is 0 Å². The van der Waals surface area contributed by atoms with E-state index in [1.54, 1.807) is 0 Å². The van der Waals surface area contributed by atoms with Crippen LogP contribution in [0.3, 0.4) is 0 Å². The van der Waals surface area contributed by atoms with Crippen LogP contribution in [0, 0.1) is 5.41 Å². The molecule has 0 atom stereocenters. The second-order valence-electron chi connectivity index (χ2n) is 7.31. The van der Waals surface area contributed by atoms with Gasteiger partial charge in [-0.25, -0.2) is 0 Å². The number of likely N-dealkylation sites (tertiary alicyclic amines) is 1. The number of nitrogens with one attached hydrogen (secondary N) is 1. The molecule has 1 amide bonds. The van der Waals surface area contributed by atoms with Crippen LogP contribution in [0.25, 0.3) is 0 Å². The van der Waals surface area contributed by atoms with Crippen LogP contribution in [0.4, 0.5) is 0 Å². The van der Waals surface area contributed by atoms with Crippen LogP contribution >= 0.6 is 0 Å². The number of amides is 1. The maximum Gasteiger partial charge on any atom is 0.227 e. The van der Waals surface area contributed by atoms with E-state index in [9.17, 15) is 4.79 Å². The van der Waals surface area contributed by atoms with Crippen molar-refractivity contribution in [1.29, 1.82) is 0 Å². The van der Waals surface area contributed by atoms with E-state index in [4.69, 9.17) is 15.2 Å². The number of nitrogens with two attached hydrogens (primary N) is 1. The maximum atomic E-state index is 12.9. The first kappa shape index (κ1) is 17.1. The molecule has 0 aromatic rings. The fourth-order valence-corrected chi connectivity index (χ4v) is 4.27. The smallest absolute Gasteiger partial charge is 0.227 e. The molecule has 3 aliphatic heterocycles. The van der Waals surface area contributed by atoms with Crippen LogP contribution < -0.4 is 11.1 Å². The highest BCUT2D eigenvalue weighted by atomic mass is 16.5. The van der Waals surface area contributed by atoms with Gasteiger partial charge in [0.2, 0.25) is 5.91 Å². The van der Waals surface area contributed by atoms with Gasteiger partial charge < -0.3 is 20.5 Å². The van der Waals surface area contributed by atoms with Gasteiger partial charge in [0.25, 0.3) is 0 Å². The number of hydrogen-bond acceptors (Lipinski definition) is 5. The average Bonchev–Trinajstić information content (AvgIpc) is 3.16. The average molecular weight is 325 g/mol. The zero-order chi connectivity index (χ0) is 16.2. The van der Waals surface area contributed by atoms with E-state index in [0.717, 1.165) is 58.5 Å². The highest BCUT2D eigenvalue weighted by molar-refractivity contribution is 5.83. The highest BCUT2D eigenvalue weighted by Gasteiger charge is 2.43. The third kappa shape index (κ3) is 3.55. The zero-order valence-electron chi connectivity index (χ0n) is 14.1. The fourth-order valence-electron chi connectivity index (χ4n) is 4.27. The van der Waals surface area contributed by atoms with E-state index in [1.807, 2.05) is 0 Å². The Kier molecular flexibility index (Phi) is 5.57. The van der Waals surface area contributed by atoms with Crippen LogP contribution in [-0.2, 0) is 14.3 Å². The predicted molar refractivity (Wildman–Crippen MR) is 88.1 cm³/mol. The molecule has 3 rings (SSSR count). The van der Waals surface area contributed by atoms with Crippen molar-refractivity contribution in [1.82, 2.24) is 10.2 Å². The molecular formula is C17H31N3O3. The van der Waals surface area contributed by atoms with E-state index in [2.05, 4.69) is 10.2 Å². The van der Waals surface area contributed by atoms with E-state index in [0.29, 0.717) is 19.8 Å². The lowest BCUT2D eigenvalue weighted by atomic mass is 9.79. The minimum absolute atomic E-state index is 0.0748. The molecule has 23 heavy (non-hydrogen) atoms. The van der Waals surface area contributed by atoms with Crippen molar-refractivity contribution >= 4 is 5.91 Å². The van der Waals surface area contributed by atoms with Crippen molar-refractivity contribution in [2.75, 3.05) is 52.6 Å². The van der Waals surface area contributed by atoms with Gasteiger partial charge in [-0.1, -0.05) is 0 Å². The molecular weight excluding hydrogens is 294 g/mol. The van der Waals surface area contributed by atoms with Crippen molar-refractivity contribution in [2.24, 2.45) is 11.1 Å². The number of carbonyl (C=O) groups excluding carboxylic acids is 1. The van der Waals surface area contributed by atoms with Gasteiger partial charge in [-0.2, -0.15) is 0 Å². The van der Waals surface area contributed by atoms with Crippen molar-refractivity contribution in [3.05, 3.63) is 0 Å². The first-order valence-electron chi connectivity index (χ1n) is 9.10. The van der Waals surface area contributed by atoms with Crippen molar-refractivity contribution < 1.29 is 14.3 Å². The summed E-state index contributed by atoms with van der Waals surface area (Å²) in [6, 6.07) is 0. The second kappa shape index (κ2) is 7.47. The van der Waals surface area contributed by atoms with Gasteiger partial charge in [-0.15, -0.1) is 0 Å². The Bertz CT molecular complexity index is 398. The number of hydrogen-bond donors (Lipinski definition) is 2. The SMILES string of the molecule is NCC1(C(=O)NCC2(N3CCCC3)CCOCC2)CCOCC1. The van der Waals surface area contributed by atoms with Gasteiger partial charge in [0.1, 0.15) is 0 Å². The molecule has 132 valence electrons. The molecule has 0 aliphatic carbocycles. The molecule has 3 heterocycles. The van der Waals surface area contributed by atoms with Gasteiger partial charge in [-0.05, 0) is 51.6 Å². The fraction of sp³-hybridized carbons (Fsp3) is 0.941. The summed E-state index contributed by atoms with van der Waals surface area (Å²) in [5.41, 5.74) is 5.60. The standard InChI is InChI=1S/C17H31N3O3/c18-13-16(3-9-22-10-4-16)15(21)19-14-17(5-11-23-12-6-17)20-7-1-2-8-20/h1-14,18H2,(H,19,21). The van der Waals surface area contributed by atoms with Crippen LogP contribution in [0.15, 0.2) is 0 Å². The molecule has 0 unspecified atom stereocenters. The zero-order valence-corrected chi connectivity index (χ0v) is 14.1. The van der Waals surface area contributed by atoms with Crippen LogP contribution in [0.1, 0.15) is 38.5 Å². The summed E-state index contributed by atoms with van der Waals surface area (Å²) >= 11 is 0. The Morgan fingerprint density at radius 2 is 1.57 bits per heavy atom. The molecule has 3 aliphatic rings. The van der Waals surface area contributed by atoms with E-state index in [1.165, 1.54) is 12.8 Å². The predicted octanol–water partition coefficient (Wildman–Crippen LogP) is 0.503. The summed E-state index contributed by atoms with van der Waals surface area (Å²) in [4.78, 5) is 15.4. The molecule has 0 bridgehead atoms. The van der Waals surface area contributed by atoms with Gasteiger partial charge in [-0.3, -0.25) is 9.69 Å². The third-order valence-corrected chi connectivity index (χ3v) is 6.10. The monoisotopic (exact) mass is 325 g/mol. The van der Waals surface area contributed by atoms with E-state index in [-0.39, 0.29) is 11.4 Å². The molecule has 3 saturated heterocycles. The summed E-state index contributed by atoms with van der Waals surface area (Å²) < 4.78 is 11.0. The molecule has 0 aromatic carbocycles. The minimum Gasteiger partial charge on any atom is -0.381 e. The van der Waals surface area contributed by atoms with Crippen LogP contribution in [0.2, 0.25) is 0 Å². The largest absolute Gasteiger partial charge is 0.381 e. The van der Waals surface area contributed by atoms with Gasteiger partial charge in [0.05, 0.1) is 5.41 Å².